The zero-order valence-electron chi connectivity index (χ0n) is 17.6. The smallest absolute Gasteiger partial charge is 0.168 e. The predicted octanol–water partition coefficient (Wildman–Crippen LogP) is 3.47. The maximum atomic E-state index is 13.0. The molecular weight excluding hydrogens is 386 g/mol. The van der Waals surface area contributed by atoms with E-state index in [0.29, 0.717) is 0 Å². The number of pyridine rings is 1. The molecule has 1 aliphatic rings. The van der Waals surface area contributed by atoms with Crippen molar-refractivity contribution in [2.45, 2.75) is 6.42 Å². The molecule has 0 amide bonds. The molecule has 0 bridgehead atoms. The van der Waals surface area contributed by atoms with Crippen LogP contribution in [0.4, 0.5) is 5.69 Å². The molecule has 1 N–H and O–H groups in total. The molecule has 2 aromatic heterocycles. The molecule has 0 atom stereocenters. The Hall–Kier alpha value is -3.51. The zero-order valence-corrected chi connectivity index (χ0v) is 17.6. The van der Waals surface area contributed by atoms with Crippen LogP contribution in [0.2, 0.25) is 0 Å². The number of nitrogens with one attached hydrogen (secondary N) is 1. The van der Waals surface area contributed by atoms with E-state index in [-0.39, 0.29) is 12.2 Å². The number of piperazine rings is 1. The summed E-state index contributed by atoms with van der Waals surface area (Å²) < 4.78 is 2.00. The third-order valence-electron chi connectivity index (χ3n) is 5.88. The molecule has 4 aromatic rings. The minimum Gasteiger partial charge on any atom is -0.369 e. The van der Waals surface area contributed by atoms with Gasteiger partial charge >= 0.3 is 0 Å². The normalized spacial score (nSPS) is 14.2. The van der Waals surface area contributed by atoms with Crippen molar-refractivity contribution in [3.63, 3.8) is 0 Å². The van der Waals surface area contributed by atoms with Gasteiger partial charge in [-0.3, -0.25) is 9.78 Å². The van der Waals surface area contributed by atoms with Crippen molar-refractivity contribution in [2.24, 2.45) is 7.05 Å². The highest BCUT2D eigenvalue weighted by molar-refractivity contribution is 5.98. The summed E-state index contributed by atoms with van der Waals surface area (Å²) in [5, 5.41) is 5.50. The monoisotopic (exact) mass is 411 g/mol. The predicted molar refractivity (Wildman–Crippen MR) is 124 cm³/mol. The summed E-state index contributed by atoms with van der Waals surface area (Å²) in [7, 11) is 1.98. The largest absolute Gasteiger partial charge is 0.369 e. The second-order valence-corrected chi connectivity index (χ2v) is 8.01. The fourth-order valence-corrected chi connectivity index (χ4v) is 4.14. The first-order valence-electron chi connectivity index (χ1n) is 10.6. The Bertz CT molecular complexity index is 1240. The van der Waals surface area contributed by atoms with Gasteiger partial charge in [0.05, 0.1) is 24.6 Å². The van der Waals surface area contributed by atoms with E-state index in [0.717, 1.165) is 65.2 Å². The van der Waals surface area contributed by atoms with Gasteiger partial charge in [0.25, 0.3) is 0 Å². The molecule has 0 aliphatic carbocycles. The van der Waals surface area contributed by atoms with Crippen LogP contribution in [0.1, 0.15) is 16.1 Å². The van der Waals surface area contributed by atoms with Crippen LogP contribution in [0.3, 0.4) is 0 Å². The van der Waals surface area contributed by atoms with Gasteiger partial charge in [-0.25, -0.2) is 4.98 Å². The van der Waals surface area contributed by atoms with Crippen LogP contribution in [0.5, 0.6) is 0 Å². The molecule has 0 radical (unpaired) electrons. The van der Waals surface area contributed by atoms with Crippen LogP contribution in [-0.4, -0.2) is 46.5 Å². The van der Waals surface area contributed by atoms with Crippen molar-refractivity contribution in [1.29, 1.82) is 0 Å². The van der Waals surface area contributed by atoms with E-state index in [1.165, 1.54) is 0 Å². The number of anilines is 1. The molecule has 0 spiro atoms. The average molecular weight is 412 g/mol. The lowest BCUT2D eigenvalue weighted by atomic mass is 10.0. The number of imidazole rings is 1. The van der Waals surface area contributed by atoms with Gasteiger partial charge in [-0.15, -0.1) is 0 Å². The van der Waals surface area contributed by atoms with Crippen molar-refractivity contribution in [1.82, 2.24) is 19.9 Å². The van der Waals surface area contributed by atoms with Gasteiger partial charge in [0.15, 0.2) is 5.78 Å². The van der Waals surface area contributed by atoms with E-state index in [1.807, 2.05) is 48.3 Å². The Balaban J connectivity index is 1.38. The number of ketones is 1. The zero-order chi connectivity index (χ0) is 21.2. The molecule has 6 heteroatoms. The lowest BCUT2D eigenvalue weighted by Gasteiger charge is -2.29. The number of aryl methyl sites for hydroxylation is 1. The number of carbonyl (C=O) groups is 1. The van der Waals surface area contributed by atoms with E-state index >= 15 is 0 Å². The summed E-state index contributed by atoms with van der Waals surface area (Å²) in [6, 6.07) is 16.3. The highest BCUT2D eigenvalue weighted by Gasteiger charge is 2.14. The molecule has 1 aliphatic heterocycles. The highest BCUT2D eigenvalue weighted by Crippen LogP contribution is 2.25. The second kappa shape index (κ2) is 8.32. The molecule has 2 aromatic carbocycles. The third kappa shape index (κ3) is 4.07. The number of nitrogens with zero attached hydrogens (tertiary/aromatic N) is 4. The van der Waals surface area contributed by atoms with E-state index in [1.54, 1.807) is 6.33 Å². The molecule has 0 saturated carbocycles. The minimum absolute atomic E-state index is 0.0895. The van der Waals surface area contributed by atoms with Crippen LogP contribution in [0.15, 0.2) is 67.3 Å². The number of hydrogen-bond donors (Lipinski definition) is 1. The standard InChI is InChI=1S/C25H25N5O/c1-29-17-27-16-24(29)18-5-6-20-15-28-22(12-21(20)11-18)14-25(31)19-3-2-4-23(13-19)30-9-7-26-8-10-30/h2-6,11-13,15-17,26H,7-10,14H2,1H3. The van der Waals surface area contributed by atoms with E-state index in [9.17, 15) is 4.79 Å². The van der Waals surface area contributed by atoms with E-state index in [2.05, 4.69) is 44.5 Å². The average Bonchev–Trinajstić information content (AvgIpc) is 3.25. The number of benzene rings is 2. The van der Waals surface area contributed by atoms with E-state index in [4.69, 9.17) is 0 Å². The molecule has 31 heavy (non-hydrogen) atoms. The summed E-state index contributed by atoms with van der Waals surface area (Å²) in [4.78, 5) is 24.1. The number of hydrogen-bond acceptors (Lipinski definition) is 5. The second-order valence-electron chi connectivity index (χ2n) is 8.01. The van der Waals surface area contributed by atoms with Crippen molar-refractivity contribution < 1.29 is 4.79 Å². The van der Waals surface area contributed by atoms with Crippen LogP contribution in [-0.2, 0) is 13.5 Å². The number of rotatable bonds is 5. The Morgan fingerprint density at radius 1 is 1.03 bits per heavy atom. The van der Waals surface area contributed by atoms with Gasteiger partial charge < -0.3 is 14.8 Å². The molecule has 5 rings (SSSR count). The van der Waals surface area contributed by atoms with Crippen molar-refractivity contribution in [3.05, 3.63) is 78.5 Å². The summed E-state index contributed by atoms with van der Waals surface area (Å²) >= 11 is 0. The first-order chi connectivity index (χ1) is 15.2. The first-order valence-corrected chi connectivity index (χ1v) is 10.6. The molecule has 0 unspecified atom stereocenters. The lowest BCUT2D eigenvalue weighted by molar-refractivity contribution is 0.0992. The minimum atomic E-state index is 0.0895. The van der Waals surface area contributed by atoms with Crippen molar-refractivity contribution in [2.75, 3.05) is 31.1 Å². The van der Waals surface area contributed by atoms with Crippen molar-refractivity contribution >= 4 is 22.2 Å². The topological polar surface area (TPSA) is 63.1 Å². The number of aromatic nitrogens is 3. The Morgan fingerprint density at radius 3 is 2.71 bits per heavy atom. The summed E-state index contributed by atoms with van der Waals surface area (Å²) in [6.45, 7) is 3.87. The fraction of sp³-hybridized carbons (Fsp3) is 0.240. The molecule has 156 valence electrons. The van der Waals surface area contributed by atoms with Gasteiger partial charge in [0.2, 0.25) is 0 Å². The third-order valence-corrected chi connectivity index (χ3v) is 5.88. The van der Waals surface area contributed by atoms with Gasteiger partial charge in [-0.1, -0.05) is 24.3 Å². The molecular formula is C25H25N5O. The Morgan fingerprint density at radius 2 is 1.90 bits per heavy atom. The lowest BCUT2D eigenvalue weighted by Crippen LogP contribution is -2.43. The maximum absolute atomic E-state index is 13.0. The maximum Gasteiger partial charge on any atom is 0.168 e. The van der Waals surface area contributed by atoms with Crippen LogP contribution >= 0.6 is 0 Å². The SMILES string of the molecule is Cn1cncc1-c1ccc2cnc(CC(=O)c3cccc(N4CCNCC4)c3)cc2c1. The Labute approximate surface area is 181 Å². The molecule has 6 nitrogen and oxygen atoms in total. The van der Waals surface area contributed by atoms with Crippen LogP contribution < -0.4 is 10.2 Å². The first kappa shape index (κ1) is 19.5. The number of carbonyl (C=O) groups excluding carboxylic acids is 1. The van der Waals surface area contributed by atoms with Crippen LogP contribution in [0, 0.1) is 0 Å². The quantitative estimate of drug-likeness (QED) is 0.510. The molecule has 1 saturated heterocycles. The number of fused-ring (bicyclic) bond motifs is 1. The van der Waals surface area contributed by atoms with E-state index < -0.39 is 0 Å². The van der Waals surface area contributed by atoms with Gasteiger partial charge in [0, 0.05) is 67.3 Å². The number of Topliss-reactive ketones (excluding diaryl/α,β-unsaturated/α-hetero) is 1. The van der Waals surface area contributed by atoms with Crippen molar-refractivity contribution in [3.8, 4) is 11.3 Å². The summed E-state index contributed by atoms with van der Waals surface area (Å²) in [5.74, 6) is 0.0895. The Kier molecular flexibility index (Phi) is 5.22. The fourth-order valence-electron chi connectivity index (χ4n) is 4.14. The summed E-state index contributed by atoms with van der Waals surface area (Å²) in [6.07, 6.45) is 5.79. The highest BCUT2D eigenvalue weighted by atomic mass is 16.1. The molecule has 1 fully saturated rings. The van der Waals surface area contributed by atoms with Gasteiger partial charge in [-0.2, -0.15) is 0 Å². The summed E-state index contributed by atoms with van der Waals surface area (Å²) in [5.41, 5.74) is 4.79. The van der Waals surface area contributed by atoms with Gasteiger partial charge in [-0.05, 0) is 29.7 Å². The van der Waals surface area contributed by atoms with Crippen LogP contribution in [0.25, 0.3) is 22.0 Å². The molecule has 3 heterocycles. The van der Waals surface area contributed by atoms with Gasteiger partial charge in [0.1, 0.15) is 0 Å².